The summed E-state index contributed by atoms with van der Waals surface area (Å²) in [5.74, 6) is 2.97. The molecule has 0 amide bonds. The first-order valence-electron chi connectivity index (χ1n) is 5.24. The Hall–Kier alpha value is -0.570. The minimum Gasteiger partial charge on any atom is -0.316 e. The van der Waals surface area contributed by atoms with Crippen LogP contribution < -0.4 is 0 Å². The molecule has 1 saturated carbocycles. The van der Waals surface area contributed by atoms with Gasteiger partial charge in [0.25, 0.3) is 0 Å². The minimum atomic E-state index is 0.459. The van der Waals surface area contributed by atoms with Crippen LogP contribution in [0.2, 0.25) is 0 Å². The maximum atomic E-state index is 5.77. The zero-order chi connectivity index (χ0) is 9.97. The summed E-state index contributed by atoms with van der Waals surface area (Å²) in [4.78, 5) is 0. The van der Waals surface area contributed by atoms with E-state index in [0.29, 0.717) is 5.88 Å². The standard InChI is InChI=1S/C10H16ClN3/c1-8-3-2-4-9(8)6-14-7-12-13-10(14)5-11/h7-9H,2-6H2,1H3. The molecule has 0 saturated heterocycles. The molecule has 3 nitrogen and oxygen atoms in total. The second kappa shape index (κ2) is 4.30. The molecule has 0 spiro atoms. The summed E-state index contributed by atoms with van der Waals surface area (Å²) in [7, 11) is 0. The van der Waals surface area contributed by atoms with Gasteiger partial charge in [-0.1, -0.05) is 19.8 Å². The fourth-order valence-corrected chi connectivity index (χ4v) is 2.49. The fraction of sp³-hybridized carbons (Fsp3) is 0.800. The first kappa shape index (κ1) is 9.97. The van der Waals surface area contributed by atoms with E-state index in [1.54, 1.807) is 6.33 Å². The summed E-state index contributed by atoms with van der Waals surface area (Å²) in [6, 6.07) is 0. The highest BCUT2D eigenvalue weighted by molar-refractivity contribution is 6.16. The summed E-state index contributed by atoms with van der Waals surface area (Å²) >= 11 is 5.77. The Labute approximate surface area is 89.5 Å². The van der Waals surface area contributed by atoms with Crippen LogP contribution in [0.25, 0.3) is 0 Å². The van der Waals surface area contributed by atoms with E-state index in [1.807, 2.05) is 0 Å². The van der Waals surface area contributed by atoms with Gasteiger partial charge >= 0.3 is 0 Å². The number of nitrogens with zero attached hydrogens (tertiary/aromatic N) is 3. The van der Waals surface area contributed by atoms with Crippen LogP contribution in [0.4, 0.5) is 0 Å². The van der Waals surface area contributed by atoms with Crippen LogP contribution in [0.15, 0.2) is 6.33 Å². The minimum absolute atomic E-state index is 0.459. The van der Waals surface area contributed by atoms with Crippen molar-refractivity contribution >= 4 is 11.6 Å². The van der Waals surface area contributed by atoms with Gasteiger partial charge in [-0.3, -0.25) is 0 Å². The molecule has 1 aromatic rings. The largest absolute Gasteiger partial charge is 0.316 e. The molecule has 1 aliphatic carbocycles. The molecule has 0 aliphatic heterocycles. The van der Waals surface area contributed by atoms with Crippen LogP contribution in [-0.2, 0) is 12.4 Å². The lowest BCUT2D eigenvalue weighted by molar-refractivity contribution is 0.360. The summed E-state index contributed by atoms with van der Waals surface area (Å²) in [6.45, 7) is 3.37. The van der Waals surface area contributed by atoms with E-state index >= 15 is 0 Å². The number of hydrogen-bond acceptors (Lipinski definition) is 2. The molecular weight excluding hydrogens is 198 g/mol. The third-order valence-electron chi connectivity index (χ3n) is 3.29. The Bertz CT molecular complexity index is 297. The van der Waals surface area contributed by atoms with E-state index in [-0.39, 0.29) is 0 Å². The molecule has 78 valence electrons. The van der Waals surface area contributed by atoms with Crippen LogP contribution in [0.5, 0.6) is 0 Å². The van der Waals surface area contributed by atoms with Gasteiger partial charge in [-0.2, -0.15) is 0 Å². The number of aromatic nitrogens is 3. The molecule has 0 bridgehead atoms. The van der Waals surface area contributed by atoms with Gasteiger partial charge < -0.3 is 4.57 Å². The van der Waals surface area contributed by atoms with E-state index in [0.717, 1.165) is 24.2 Å². The van der Waals surface area contributed by atoms with Crippen LogP contribution in [0, 0.1) is 11.8 Å². The van der Waals surface area contributed by atoms with E-state index in [9.17, 15) is 0 Å². The SMILES string of the molecule is CC1CCCC1Cn1cnnc1CCl. The second-order valence-electron chi connectivity index (χ2n) is 4.20. The molecule has 1 aromatic heterocycles. The van der Waals surface area contributed by atoms with Crippen molar-refractivity contribution in [2.75, 3.05) is 0 Å². The third kappa shape index (κ3) is 1.92. The molecule has 0 radical (unpaired) electrons. The van der Waals surface area contributed by atoms with E-state index < -0.39 is 0 Å². The van der Waals surface area contributed by atoms with Gasteiger partial charge in [0.05, 0.1) is 5.88 Å². The topological polar surface area (TPSA) is 30.7 Å². The quantitative estimate of drug-likeness (QED) is 0.723. The summed E-state index contributed by atoms with van der Waals surface area (Å²) < 4.78 is 2.10. The fourth-order valence-electron chi connectivity index (χ4n) is 2.28. The predicted molar refractivity (Wildman–Crippen MR) is 56.1 cm³/mol. The van der Waals surface area contributed by atoms with Crippen molar-refractivity contribution in [3.63, 3.8) is 0 Å². The number of rotatable bonds is 3. The molecule has 1 heterocycles. The maximum Gasteiger partial charge on any atom is 0.147 e. The molecule has 1 fully saturated rings. The van der Waals surface area contributed by atoms with Crippen molar-refractivity contribution in [3.8, 4) is 0 Å². The Kier molecular flexibility index (Phi) is 3.06. The van der Waals surface area contributed by atoms with Crippen molar-refractivity contribution in [3.05, 3.63) is 12.2 Å². The molecule has 2 rings (SSSR count). The van der Waals surface area contributed by atoms with Gasteiger partial charge in [0.1, 0.15) is 12.2 Å². The van der Waals surface area contributed by atoms with Crippen LogP contribution in [0.3, 0.4) is 0 Å². The monoisotopic (exact) mass is 213 g/mol. The van der Waals surface area contributed by atoms with Gasteiger partial charge in [0, 0.05) is 6.54 Å². The van der Waals surface area contributed by atoms with Gasteiger partial charge in [0.2, 0.25) is 0 Å². The molecule has 0 aromatic carbocycles. The van der Waals surface area contributed by atoms with Crippen molar-refractivity contribution in [2.45, 2.75) is 38.6 Å². The van der Waals surface area contributed by atoms with E-state index in [2.05, 4.69) is 21.7 Å². The van der Waals surface area contributed by atoms with Crippen molar-refractivity contribution in [1.29, 1.82) is 0 Å². The Balaban J connectivity index is 2.02. The number of halogens is 1. The average molecular weight is 214 g/mol. The van der Waals surface area contributed by atoms with E-state index in [1.165, 1.54) is 19.3 Å². The Morgan fingerprint density at radius 2 is 2.43 bits per heavy atom. The lowest BCUT2D eigenvalue weighted by Gasteiger charge is -2.16. The zero-order valence-corrected chi connectivity index (χ0v) is 9.24. The highest BCUT2D eigenvalue weighted by Crippen LogP contribution is 2.32. The molecule has 2 unspecified atom stereocenters. The summed E-state index contributed by atoms with van der Waals surface area (Å²) in [5, 5.41) is 7.87. The molecule has 0 N–H and O–H groups in total. The highest BCUT2D eigenvalue weighted by Gasteiger charge is 2.24. The van der Waals surface area contributed by atoms with Crippen molar-refractivity contribution < 1.29 is 0 Å². The van der Waals surface area contributed by atoms with Crippen molar-refractivity contribution in [2.24, 2.45) is 11.8 Å². The van der Waals surface area contributed by atoms with Crippen LogP contribution in [0.1, 0.15) is 32.0 Å². The lowest BCUT2D eigenvalue weighted by Crippen LogP contribution is -2.14. The first-order valence-corrected chi connectivity index (χ1v) is 5.77. The zero-order valence-electron chi connectivity index (χ0n) is 8.49. The molecular formula is C10H16ClN3. The molecule has 4 heteroatoms. The normalized spacial score (nSPS) is 27.0. The van der Waals surface area contributed by atoms with Gasteiger partial charge in [-0.05, 0) is 18.3 Å². The smallest absolute Gasteiger partial charge is 0.147 e. The molecule has 2 atom stereocenters. The lowest BCUT2D eigenvalue weighted by atomic mass is 9.98. The van der Waals surface area contributed by atoms with E-state index in [4.69, 9.17) is 11.6 Å². The summed E-state index contributed by atoms with van der Waals surface area (Å²) in [6.07, 6.45) is 5.86. The molecule has 1 aliphatic rings. The van der Waals surface area contributed by atoms with Gasteiger partial charge in [-0.25, -0.2) is 0 Å². The third-order valence-corrected chi connectivity index (χ3v) is 3.52. The second-order valence-corrected chi connectivity index (χ2v) is 4.47. The Morgan fingerprint density at radius 3 is 3.07 bits per heavy atom. The van der Waals surface area contributed by atoms with Gasteiger partial charge in [0.15, 0.2) is 0 Å². The number of alkyl halides is 1. The van der Waals surface area contributed by atoms with Crippen molar-refractivity contribution in [1.82, 2.24) is 14.8 Å². The number of hydrogen-bond donors (Lipinski definition) is 0. The molecule has 14 heavy (non-hydrogen) atoms. The summed E-state index contributed by atoms with van der Waals surface area (Å²) in [5.41, 5.74) is 0. The first-order chi connectivity index (χ1) is 6.81. The average Bonchev–Trinajstić information content (AvgIpc) is 2.77. The highest BCUT2D eigenvalue weighted by atomic mass is 35.5. The maximum absolute atomic E-state index is 5.77. The predicted octanol–water partition coefficient (Wildman–Crippen LogP) is 2.45. The van der Waals surface area contributed by atoms with Gasteiger partial charge in [-0.15, -0.1) is 21.8 Å². The Morgan fingerprint density at radius 1 is 1.57 bits per heavy atom. The van der Waals surface area contributed by atoms with Crippen LogP contribution >= 0.6 is 11.6 Å². The van der Waals surface area contributed by atoms with Crippen LogP contribution in [-0.4, -0.2) is 14.8 Å².